The highest BCUT2D eigenvalue weighted by Crippen LogP contribution is 2.19. The van der Waals surface area contributed by atoms with Gasteiger partial charge >= 0.3 is 0 Å². The van der Waals surface area contributed by atoms with Crippen LogP contribution in [0.3, 0.4) is 0 Å². The molecule has 0 unspecified atom stereocenters. The predicted octanol–water partition coefficient (Wildman–Crippen LogP) is 1.69. The molecule has 2 rings (SSSR count). The molecule has 0 atom stereocenters. The zero-order chi connectivity index (χ0) is 16.2. The monoisotopic (exact) mass is 320 g/mol. The lowest BCUT2D eigenvalue weighted by Gasteiger charge is -2.08. The number of amides is 1. The van der Waals surface area contributed by atoms with E-state index < -0.39 is 21.5 Å². The highest BCUT2D eigenvalue weighted by atomic mass is 32.2. The fourth-order valence-electron chi connectivity index (χ4n) is 1.89. The van der Waals surface area contributed by atoms with Crippen LogP contribution in [-0.4, -0.2) is 27.2 Å². The minimum Gasteiger partial charge on any atom is -0.497 e. The van der Waals surface area contributed by atoms with Crippen molar-refractivity contribution in [3.63, 3.8) is 0 Å². The largest absolute Gasteiger partial charge is 0.497 e. The van der Waals surface area contributed by atoms with E-state index in [9.17, 15) is 13.2 Å². The molecule has 0 bridgehead atoms. The summed E-state index contributed by atoms with van der Waals surface area (Å²) in [6.45, 7) is 0. The molecule has 3 N–H and O–H groups in total. The molecule has 0 aliphatic heterocycles. The molecule has 0 aliphatic carbocycles. The second-order valence-electron chi connectivity index (χ2n) is 4.57. The lowest BCUT2D eigenvalue weighted by molar-refractivity contribution is -0.113. The lowest BCUT2D eigenvalue weighted by atomic mass is 10.3. The summed E-state index contributed by atoms with van der Waals surface area (Å²) < 4.78 is 29.4. The Morgan fingerprint density at radius 2 is 1.77 bits per heavy atom. The fourth-order valence-corrected chi connectivity index (χ4v) is 3.17. The molecule has 0 saturated heterocycles. The van der Waals surface area contributed by atoms with Crippen molar-refractivity contribution >= 4 is 27.1 Å². The van der Waals surface area contributed by atoms with Gasteiger partial charge in [-0.2, -0.15) is 0 Å². The molecule has 116 valence electrons. The first-order chi connectivity index (χ1) is 10.4. The molecule has 22 heavy (non-hydrogen) atoms. The van der Waals surface area contributed by atoms with Crippen molar-refractivity contribution in [2.75, 3.05) is 23.9 Å². The number of anilines is 2. The van der Waals surface area contributed by atoms with Crippen LogP contribution in [0.2, 0.25) is 0 Å². The van der Waals surface area contributed by atoms with Crippen LogP contribution in [0.15, 0.2) is 53.4 Å². The van der Waals surface area contributed by atoms with Gasteiger partial charge in [-0.25, -0.2) is 8.42 Å². The van der Waals surface area contributed by atoms with Crippen molar-refractivity contribution in [3.8, 4) is 5.75 Å². The number of nitrogens with one attached hydrogen (secondary N) is 1. The van der Waals surface area contributed by atoms with E-state index in [1.165, 1.54) is 19.2 Å². The molecule has 0 aliphatic rings. The van der Waals surface area contributed by atoms with Gasteiger partial charge in [0.1, 0.15) is 11.5 Å². The Bertz CT molecular complexity index is 770. The normalized spacial score (nSPS) is 11.0. The van der Waals surface area contributed by atoms with Crippen molar-refractivity contribution in [1.82, 2.24) is 0 Å². The van der Waals surface area contributed by atoms with E-state index >= 15 is 0 Å². The van der Waals surface area contributed by atoms with Gasteiger partial charge in [0.05, 0.1) is 17.7 Å². The van der Waals surface area contributed by atoms with E-state index in [-0.39, 0.29) is 10.6 Å². The number of ether oxygens (including phenoxy) is 1. The summed E-state index contributed by atoms with van der Waals surface area (Å²) in [5.74, 6) is -0.663. The standard InChI is InChI=1S/C15H16N2O4S/c1-21-12-8-6-11(7-9-12)17-15(18)10-22(19,20)14-5-3-2-4-13(14)16/h2-9H,10,16H2,1H3,(H,17,18). The Hall–Kier alpha value is -2.54. The third-order valence-electron chi connectivity index (χ3n) is 2.95. The Kier molecular flexibility index (Phi) is 4.67. The molecule has 0 radical (unpaired) electrons. The van der Waals surface area contributed by atoms with Crippen molar-refractivity contribution in [2.24, 2.45) is 0 Å². The number of carbonyl (C=O) groups excluding carboxylic acids is 1. The number of para-hydroxylation sites is 1. The molecular formula is C15H16N2O4S. The van der Waals surface area contributed by atoms with Gasteiger partial charge in [0.2, 0.25) is 5.91 Å². The van der Waals surface area contributed by atoms with Gasteiger partial charge in [-0.1, -0.05) is 12.1 Å². The van der Waals surface area contributed by atoms with Gasteiger partial charge in [0, 0.05) is 5.69 Å². The van der Waals surface area contributed by atoms with E-state index in [2.05, 4.69) is 5.32 Å². The molecule has 6 nitrogen and oxygen atoms in total. The van der Waals surface area contributed by atoms with Crippen LogP contribution >= 0.6 is 0 Å². The van der Waals surface area contributed by atoms with Crippen LogP contribution in [0.1, 0.15) is 0 Å². The fraction of sp³-hybridized carbons (Fsp3) is 0.133. The average molecular weight is 320 g/mol. The zero-order valence-electron chi connectivity index (χ0n) is 11.9. The van der Waals surface area contributed by atoms with E-state index in [4.69, 9.17) is 10.5 Å². The number of hydrogen-bond donors (Lipinski definition) is 2. The van der Waals surface area contributed by atoms with E-state index in [0.29, 0.717) is 11.4 Å². The highest BCUT2D eigenvalue weighted by Gasteiger charge is 2.21. The maximum absolute atomic E-state index is 12.2. The van der Waals surface area contributed by atoms with Crippen LogP contribution in [0, 0.1) is 0 Å². The van der Waals surface area contributed by atoms with Crippen molar-refractivity contribution in [2.45, 2.75) is 4.90 Å². The number of methoxy groups -OCH3 is 1. The van der Waals surface area contributed by atoms with Crippen LogP contribution in [0.4, 0.5) is 11.4 Å². The smallest absolute Gasteiger partial charge is 0.239 e. The van der Waals surface area contributed by atoms with E-state index in [1.807, 2.05) is 0 Å². The summed E-state index contributed by atoms with van der Waals surface area (Å²) in [7, 11) is -2.25. The molecule has 0 saturated carbocycles. The molecule has 2 aromatic rings. The minimum atomic E-state index is -3.78. The summed E-state index contributed by atoms with van der Waals surface area (Å²) >= 11 is 0. The molecule has 0 aromatic heterocycles. The highest BCUT2D eigenvalue weighted by molar-refractivity contribution is 7.92. The third kappa shape index (κ3) is 3.76. The quantitative estimate of drug-likeness (QED) is 0.817. The molecule has 0 heterocycles. The van der Waals surface area contributed by atoms with Gasteiger partial charge in [0.15, 0.2) is 9.84 Å². The van der Waals surface area contributed by atoms with E-state index in [1.54, 1.807) is 36.4 Å². The second kappa shape index (κ2) is 6.48. The minimum absolute atomic E-state index is 0.0418. The summed E-state index contributed by atoms with van der Waals surface area (Å²) in [6.07, 6.45) is 0. The number of carbonyl (C=O) groups is 1. The number of rotatable bonds is 5. The molecule has 2 aromatic carbocycles. The molecule has 0 spiro atoms. The SMILES string of the molecule is COc1ccc(NC(=O)CS(=O)(=O)c2ccccc2N)cc1. The first kappa shape index (κ1) is 15.8. The molecule has 0 fully saturated rings. The van der Waals surface area contributed by atoms with Crippen molar-refractivity contribution in [3.05, 3.63) is 48.5 Å². The zero-order valence-corrected chi connectivity index (χ0v) is 12.8. The van der Waals surface area contributed by atoms with E-state index in [0.717, 1.165) is 0 Å². The van der Waals surface area contributed by atoms with Crippen LogP contribution in [-0.2, 0) is 14.6 Å². The number of nitrogen functional groups attached to an aromatic ring is 1. The lowest BCUT2D eigenvalue weighted by Crippen LogP contribution is -2.23. The van der Waals surface area contributed by atoms with Gasteiger partial charge in [-0.15, -0.1) is 0 Å². The summed E-state index contributed by atoms with van der Waals surface area (Å²) in [5.41, 5.74) is 6.25. The van der Waals surface area contributed by atoms with Crippen LogP contribution in [0.5, 0.6) is 5.75 Å². The summed E-state index contributed by atoms with van der Waals surface area (Å²) in [6, 6.07) is 12.6. The van der Waals surface area contributed by atoms with Crippen molar-refractivity contribution < 1.29 is 17.9 Å². The Morgan fingerprint density at radius 1 is 1.14 bits per heavy atom. The maximum atomic E-state index is 12.2. The topological polar surface area (TPSA) is 98.5 Å². The van der Waals surface area contributed by atoms with Crippen LogP contribution < -0.4 is 15.8 Å². The summed E-state index contributed by atoms with van der Waals surface area (Å²) in [5, 5.41) is 2.52. The first-order valence-corrected chi connectivity index (χ1v) is 8.09. The number of hydrogen-bond acceptors (Lipinski definition) is 5. The van der Waals surface area contributed by atoms with Gasteiger partial charge < -0.3 is 15.8 Å². The van der Waals surface area contributed by atoms with Gasteiger partial charge in [-0.3, -0.25) is 4.79 Å². The Balaban J connectivity index is 2.09. The first-order valence-electron chi connectivity index (χ1n) is 6.43. The van der Waals surface area contributed by atoms with Crippen LogP contribution in [0.25, 0.3) is 0 Å². The maximum Gasteiger partial charge on any atom is 0.239 e. The summed E-state index contributed by atoms with van der Waals surface area (Å²) in [4.78, 5) is 11.9. The van der Waals surface area contributed by atoms with Crippen molar-refractivity contribution in [1.29, 1.82) is 0 Å². The molecule has 1 amide bonds. The Morgan fingerprint density at radius 3 is 2.36 bits per heavy atom. The number of sulfone groups is 1. The number of benzene rings is 2. The predicted molar refractivity (Wildman–Crippen MR) is 84.5 cm³/mol. The average Bonchev–Trinajstić information content (AvgIpc) is 2.47. The van der Waals surface area contributed by atoms with Gasteiger partial charge in [0.25, 0.3) is 0 Å². The molecular weight excluding hydrogens is 304 g/mol. The Labute approximate surface area is 128 Å². The second-order valence-corrected chi connectivity index (χ2v) is 6.53. The third-order valence-corrected chi connectivity index (χ3v) is 4.63. The number of nitrogens with two attached hydrogens (primary N) is 1. The van der Waals surface area contributed by atoms with Gasteiger partial charge in [-0.05, 0) is 36.4 Å². The molecule has 7 heteroatoms.